The Bertz CT molecular complexity index is 864. The van der Waals surface area contributed by atoms with Gasteiger partial charge in [0.2, 0.25) is 0 Å². The lowest BCUT2D eigenvalue weighted by Gasteiger charge is -2.27. The molecular weight excluding hydrogens is 358 g/mol. The maximum absolute atomic E-state index is 12.6. The van der Waals surface area contributed by atoms with Gasteiger partial charge in [0.25, 0.3) is 5.91 Å². The van der Waals surface area contributed by atoms with Crippen molar-refractivity contribution in [3.8, 4) is 11.5 Å². The zero-order chi connectivity index (χ0) is 20.1. The summed E-state index contributed by atoms with van der Waals surface area (Å²) < 4.78 is 15.7. The first-order valence-electron chi connectivity index (χ1n) is 9.34. The molecule has 2 aromatic rings. The number of ether oxygens (including phenoxy) is 3. The molecule has 0 aliphatic heterocycles. The van der Waals surface area contributed by atoms with E-state index in [-0.39, 0.29) is 11.9 Å². The fraction of sp³-hybridized carbons (Fsp3) is 0.364. The number of carbonyl (C=O) groups is 2. The number of benzene rings is 2. The van der Waals surface area contributed by atoms with E-state index in [1.807, 2.05) is 18.2 Å². The van der Waals surface area contributed by atoms with E-state index in [2.05, 4.69) is 11.4 Å². The lowest BCUT2D eigenvalue weighted by molar-refractivity contribution is -0.130. The van der Waals surface area contributed by atoms with Crippen molar-refractivity contribution in [1.82, 2.24) is 5.32 Å². The van der Waals surface area contributed by atoms with Gasteiger partial charge in [-0.25, -0.2) is 4.79 Å². The Hall–Kier alpha value is -3.02. The van der Waals surface area contributed by atoms with Crippen LogP contribution in [-0.2, 0) is 16.0 Å². The number of hydrogen-bond acceptors (Lipinski definition) is 5. The Morgan fingerprint density at radius 3 is 2.57 bits per heavy atom. The number of amides is 1. The molecule has 28 heavy (non-hydrogen) atoms. The first kappa shape index (κ1) is 19.7. The van der Waals surface area contributed by atoms with Crippen LogP contribution in [0.25, 0.3) is 0 Å². The van der Waals surface area contributed by atoms with Crippen molar-refractivity contribution in [1.29, 1.82) is 0 Å². The van der Waals surface area contributed by atoms with Gasteiger partial charge < -0.3 is 19.5 Å². The van der Waals surface area contributed by atoms with E-state index in [0.717, 1.165) is 24.8 Å². The normalized spacial score (nSPS) is 16.5. The number of methoxy groups -OCH3 is 2. The van der Waals surface area contributed by atoms with Crippen LogP contribution in [0.4, 0.5) is 0 Å². The summed E-state index contributed by atoms with van der Waals surface area (Å²) in [6.07, 6.45) is 2.00. The molecule has 6 nitrogen and oxygen atoms in total. The maximum atomic E-state index is 12.6. The zero-order valence-corrected chi connectivity index (χ0v) is 16.4. The highest BCUT2D eigenvalue weighted by atomic mass is 16.5. The number of fused-ring (bicyclic) bond motifs is 1. The lowest BCUT2D eigenvalue weighted by atomic mass is 9.87. The van der Waals surface area contributed by atoms with E-state index in [4.69, 9.17) is 14.2 Å². The molecule has 0 saturated heterocycles. The Balaban J connectivity index is 1.64. The maximum Gasteiger partial charge on any atom is 0.339 e. The van der Waals surface area contributed by atoms with Gasteiger partial charge in [0.05, 0.1) is 25.8 Å². The van der Waals surface area contributed by atoms with Gasteiger partial charge in [-0.15, -0.1) is 0 Å². The van der Waals surface area contributed by atoms with Crippen molar-refractivity contribution in [2.75, 3.05) is 14.2 Å². The molecule has 0 saturated carbocycles. The second kappa shape index (κ2) is 8.78. The summed E-state index contributed by atoms with van der Waals surface area (Å²) in [5, 5.41) is 3.01. The highest BCUT2D eigenvalue weighted by molar-refractivity contribution is 5.93. The molecule has 0 heterocycles. The van der Waals surface area contributed by atoms with E-state index in [9.17, 15) is 9.59 Å². The Kier molecular flexibility index (Phi) is 6.19. The molecule has 1 amide bonds. The van der Waals surface area contributed by atoms with Crippen LogP contribution in [0.2, 0.25) is 0 Å². The molecule has 0 spiro atoms. The molecule has 0 radical (unpaired) electrons. The monoisotopic (exact) mass is 383 g/mol. The number of rotatable bonds is 6. The number of nitrogens with one attached hydrogen (secondary N) is 1. The number of esters is 1. The molecule has 1 N–H and O–H groups in total. The van der Waals surface area contributed by atoms with Crippen LogP contribution in [0.3, 0.4) is 0 Å². The highest BCUT2D eigenvalue weighted by Crippen LogP contribution is 2.30. The van der Waals surface area contributed by atoms with Crippen molar-refractivity contribution >= 4 is 11.9 Å². The molecule has 1 aliphatic carbocycles. The fourth-order valence-corrected chi connectivity index (χ4v) is 3.44. The Morgan fingerprint density at radius 2 is 1.82 bits per heavy atom. The third-order valence-corrected chi connectivity index (χ3v) is 4.96. The minimum absolute atomic E-state index is 0.0558. The van der Waals surface area contributed by atoms with Crippen LogP contribution < -0.4 is 14.8 Å². The third kappa shape index (κ3) is 4.27. The van der Waals surface area contributed by atoms with Crippen molar-refractivity contribution in [3.05, 3.63) is 59.2 Å². The summed E-state index contributed by atoms with van der Waals surface area (Å²) in [5.74, 6) is 0.0387. The van der Waals surface area contributed by atoms with E-state index in [1.165, 1.54) is 25.8 Å². The molecule has 148 valence electrons. The van der Waals surface area contributed by atoms with Gasteiger partial charge in [0.15, 0.2) is 17.6 Å². The van der Waals surface area contributed by atoms with Crippen LogP contribution in [-0.4, -0.2) is 32.2 Å². The predicted octanol–water partition coefficient (Wildman–Crippen LogP) is 3.44. The van der Waals surface area contributed by atoms with Crippen LogP contribution in [0.15, 0.2) is 42.5 Å². The van der Waals surface area contributed by atoms with Gasteiger partial charge in [0, 0.05) is 0 Å². The summed E-state index contributed by atoms with van der Waals surface area (Å²) in [6.45, 7) is 1.57. The summed E-state index contributed by atoms with van der Waals surface area (Å²) in [5.41, 5.74) is 2.69. The van der Waals surface area contributed by atoms with E-state index in [1.54, 1.807) is 19.1 Å². The third-order valence-electron chi connectivity index (χ3n) is 4.96. The van der Waals surface area contributed by atoms with Crippen LogP contribution in [0.1, 0.15) is 47.3 Å². The van der Waals surface area contributed by atoms with E-state index >= 15 is 0 Å². The summed E-state index contributed by atoms with van der Waals surface area (Å²) >= 11 is 0. The van der Waals surface area contributed by atoms with Gasteiger partial charge >= 0.3 is 5.97 Å². The fourth-order valence-electron chi connectivity index (χ4n) is 3.44. The minimum atomic E-state index is -0.908. The first-order valence-corrected chi connectivity index (χ1v) is 9.34. The molecule has 0 fully saturated rings. The second-order valence-electron chi connectivity index (χ2n) is 6.77. The van der Waals surface area contributed by atoms with E-state index in [0.29, 0.717) is 17.1 Å². The topological polar surface area (TPSA) is 73.9 Å². The average Bonchev–Trinajstić information content (AvgIpc) is 2.73. The van der Waals surface area contributed by atoms with Gasteiger partial charge in [-0.05, 0) is 55.5 Å². The smallest absolute Gasteiger partial charge is 0.339 e. The Labute approximate surface area is 164 Å². The molecule has 6 heteroatoms. The molecule has 1 aliphatic rings. The standard InChI is InChI=1S/C22H25NO5/c1-14(28-22(25)16-11-12-19(26-2)20(13-16)27-3)21(24)23-18-10-6-8-15-7-4-5-9-17(15)18/h4-5,7,9,11-14,18H,6,8,10H2,1-3H3,(H,23,24)/t14-,18+/m1/s1. The molecule has 3 rings (SSSR count). The van der Waals surface area contributed by atoms with Crippen LogP contribution in [0.5, 0.6) is 11.5 Å². The van der Waals surface area contributed by atoms with Gasteiger partial charge in [-0.3, -0.25) is 4.79 Å². The molecular formula is C22H25NO5. The number of carbonyl (C=O) groups excluding carboxylic acids is 2. The van der Waals surface area contributed by atoms with Crippen molar-refractivity contribution < 1.29 is 23.8 Å². The van der Waals surface area contributed by atoms with Crippen molar-refractivity contribution in [2.24, 2.45) is 0 Å². The van der Waals surface area contributed by atoms with Crippen molar-refractivity contribution in [2.45, 2.75) is 38.3 Å². The summed E-state index contributed by atoms with van der Waals surface area (Å²) in [7, 11) is 3.01. The zero-order valence-electron chi connectivity index (χ0n) is 16.4. The van der Waals surface area contributed by atoms with Gasteiger partial charge in [-0.2, -0.15) is 0 Å². The minimum Gasteiger partial charge on any atom is -0.493 e. The number of aryl methyl sites for hydroxylation is 1. The average molecular weight is 383 g/mol. The van der Waals surface area contributed by atoms with Crippen LogP contribution in [0, 0.1) is 0 Å². The molecule has 2 aromatic carbocycles. The molecule has 0 bridgehead atoms. The SMILES string of the molecule is COc1ccc(C(=O)O[C@H](C)C(=O)N[C@H]2CCCc3ccccc32)cc1OC. The van der Waals surface area contributed by atoms with Crippen molar-refractivity contribution in [3.63, 3.8) is 0 Å². The predicted molar refractivity (Wildman–Crippen MR) is 105 cm³/mol. The second-order valence-corrected chi connectivity index (χ2v) is 6.77. The molecule has 0 unspecified atom stereocenters. The number of hydrogen-bond donors (Lipinski definition) is 1. The Morgan fingerprint density at radius 1 is 1.07 bits per heavy atom. The summed E-state index contributed by atoms with van der Waals surface area (Å²) in [4.78, 5) is 25.0. The first-order chi connectivity index (χ1) is 13.5. The quantitative estimate of drug-likeness (QED) is 0.774. The van der Waals surface area contributed by atoms with Crippen LogP contribution >= 0.6 is 0 Å². The highest BCUT2D eigenvalue weighted by Gasteiger charge is 2.25. The summed E-state index contributed by atoms with van der Waals surface area (Å²) in [6, 6.07) is 12.8. The lowest BCUT2D eigenvalue weighted by Crippen LogP contribution is -2.39. The van der Waals surface area contributed by atoms with E-state index < -0.39 is 12.1 Å². The molecule has 0 aromatic heterocycles. The van der Waals surface area contributed by atoms with Gasteiger partial charge in [0.1, 0.15) is 0 Å². The van der Waals surface area contributed by atoms with Gasteiger partial charge in [-0.1, -0.05) is 24.3 Å². The largest absolute Gasteiger partial charge is 0.493 e. The molecule has 2 atom stereocenters.